The molecule has 0 saturated heterocycles. The van der Waals surface area contributed by atoms with Gasteiger partial charge in [-0.05, 0) is 23.8 Å². The number of benzene rings is 1. The van der Waals surface area contributed by atoms with Crippen molar-refractivity contribution in [1.82, 2.24) is 0 Å². The third-order valence-electron chi connectivity index (χ3n) is 1.77. The molecular formula is C10H12ClNO. The van der Waals surface area contributed by atoms with Crippen molar-refractivity contribution in [2.75, 3.05) is 7.11 Å². The maximum absolute atomic E-state index is 5.86. The molecule has 1 atom stereocenters. The van der Waals surface area contributed by atoms with E-state index in [4.69, 9.17) is 22.1 Å². The highest BCUT2D eigenvalue weighted by atomic mass is 35.5. The molecule has 0 saturated carbocycles. The maximum atomic E-state index is 5.86. The summed E-state index contributed by atoms with van der Waals surface area (Å²) in [6.45, 7) is 3.61. The molecule has 0 heterocycles. The second-order valence-corrected chi connectivity index (χ2v) is 3.12. The predicted octanol–water partition coefficient (Wildman–Crippen LogP) is 2.53. The van der Waals surface area contributed by atoms with Gasteiger partial charge in [-0.2, -0.15) is 0 Å². The Bertz CT molecular complexity index is 312. The van der Waals surface area contributed by atoms with Gasteiger partial charge in [0.2, 0.25) is 0 Å². The van der Waals surface area contributed by atoms with Gasteiger partial charge in [-0.3, -0.25) is 0 Å². The number of rotatable bonds is 3. The van der Waals surface area contributed by atoms with Crippen LogP contribution in [0, 0.1) is 0 Å². The van der Waals surface area contributed by atoms with E-state index in [1.54, 1.807) is 25.3 Å². The molecule has 2 N–H and O–H groups in total. The Balaban J connectivity index is 3.07. The molecule has 0 aliphatic rings. The first kappa shape index (κ1) is 10.1. The minimum Gasteiger partial charge on any atom is -0.497 e. The zero-order chi connectivity index (χ0) is 9.84. The number of methoxy groups -OCH3 is 1. The van der Waals surface area contributed by atoms with E-state index < -0.39 is 0 Å². The van der Waals surface area contributed by atoms with E-state index in [0.29, 0.717) is 10.8 Å². The van der Waals surface area contributed by atoms with Crippen LogP contribution in [-0.4, -0.2) is 7.11 Å². The molecule has 0 aliphatic carbocycles. The number of ether oxygens (including phenoxy) is 1. The third-order valence-corrected chi connectivity index (χ3v) is 1.99. The summed E-state index contributed by atoms with van der Waals surface area (Å²) in [5, 5.41) is 0.617. The predicted molar refractivity (Wildman–Crippen MR) is 55.1 cm³/mol. The van der Waals surface area contributed by atoms with Crippen molar-refractivity contribution in [1.29, 1.82) is 0 Å². The molecule has 0 aliphatic heterocycles. The fourth-order valence-electron chi connectivity index (χ4n) is 1.03. The van der Waals surface area contributed by atoms with Crippen LogP contribution in [-0.2, 0) is 0 Å². The molecular weight excluding hydrogens is 186 g/mol. The zero-order valence-corrected chi connectivity index (χ0v) is 8.21. The highest BCUT2D eigenvalue weighted by Crippen LogP contribution is 2.24. The zero-order valence-electron chi connectivity index (χ0n) is 7.46. The largest absolute Gasteiger partial charge is 0.497 e. The summed E-state index contributed by atoms with van der Waals surface area (Å²) in [7, 11) is 1.59. The van der Waals surface area contributed by atoms with Gasteiger partial charge >= 0.3 is 0 Å². The topological polar surface area (TPSA) is 35.2 Å². The second-order valence-electron chi connectivity index (χ2n) is 2.69. The lowest BCUT2D eigenvalue weighted by atomic mass is 10.1. The maximum Gasteiger partial charge on any atom is 0.120 e. The molecule has 2 nitrogen and oxygen atoms in total. The Hall–Kier alpha value is -0.990. The number of hydrogen-bond acceptors (Lipinski definition) is 2. The number of halogens is 1. The van der Waals surface area contributed by atoms with E-state index in [1.807, 2.05) is 6.07 Å². The first-order chi connectivity index (χ1) is 6.17. The average molecular weight is 198 g/mol. The summed E-state index contributed by atoms with van der Waals surface area (Å²) in [5.41, 5.74) is 6.66. The molecule has 0 unspecified atom stereocenters. The van der Waals surface area contributed by atoms with Crippen LogP contribution in [0.4, 0.5) is 0 Å². The van der Waals surface area contributed by atoms with E-state index in [9.17, 15) is 0 Å². The van der Waals surface area contributed by atoms with Gasteiger partial charge in [-0.25, -0.2) is 0 Å². The Kier molecular flexibility index (Phi) is 3.34. The van der Waals surface area contributed by atoms with Crippen LogP contribution in [0.2, 0.25) is 5.02 Å². The van der Waals surface area contributed by atoms with Crippen LogP contribution in [0.1, 0.15) is 11.6 Å². The van der Waals surface area contributed by atoms with Gasteiger partial charge in [0, 0.05) is 11.1 Å². The van der Waals surface area contributed by atoms with E-state index >= 15 is 0 Å². The lowest BCUT2D eigenvalue weighted by Crippen LogP contribution is -2.06. The molecule has 1 aromatic carbocycles. The molecule has 3 heteroatoms. The monoisotopic (exact) mass is 197 g/mol. The van der Waals surface area contributed by atoms with Crippen molar-refractivity contribution >= 4 is 11.6 Å². The van der Waals surface area contributed by atoms with Crippen LogP contribution in [0.3, 0.4) is 0 Å². The lowest BCUT2D eigenvalue weighted by molar-refractivity contribution is 0.414. The third kappa shape index (κ3) is 2.47. The summed E-state index contributed by atoms with van der Waals surface area (Å²) in [6, 6.07) is 5.18. The van der Waals surface area contributed by atoms with Crippen molar-refractivity contribution in [3.8, 4) is 5.75 Å². The Labute approximate surface area is 83.0 Å². The van der Waals surface area contributed by atoms with E-state index in [1.165, 1.54) is 0 Å². The van der Waals surface area contributed by atoms with Crippen LogP contribution in [0.5, 0.6) is 5.75 Å². The minimum atomic E-state index is -0.201. The SMILES string of the molecule is C=C[C@@H](N)c1cc(Cl)cc(OC)c1. The first-order valence-corrected chi connectivity index (χ1v) is 4.27. The van der Waals surface area contributed by atoms with Crippen molar-refractivity contribution in [2.24, 2.45) is 5.73 Å². The van der Waals surface area contributed by atoms with Gasteiger partial charge in [-0.15, -0.1) is 6.58 Å². The molecule has 0 spiro atoms. The molecule has 0 radical (unpaired) electrons. The van der Waals surface area contributed by atoms with Crippen molar-refractivity contribution < 1.29 is 4.74 Å². The fourth-order valence-corrected chi connectivity index (χ4v) is 1.26. The summed E-state index contributed by atoms with van der Waals surface area (Å²) >= 11 is 5.86. The summed E-state index contributed by atoms with van der Waals surface area (Å²) in [6.07, 6.45) is 1.66. The quantitative estimate of drug-likeness (QED) is 0.756. The molecule has 0 amide bonds. The van der Waals surface area contributed by atoms with Crippen LogP contribution >= 0.6 is 11.6 Å². The van der Waals surface area contributed by atoms with E-state index in [2.05, 4.69) is 6.58 Å². The van der Waals surface area contributed by atoms with Gasteiger partial charge < -0.3 is 10.5 Å². The van der Waals surface area contributed by atoms with E-state index in [-0.39, 0.29) is 6.04 Å². The standard InChI is InChI=1S/C10H12ClNO/c1-3-10(12)7-4-8(11)6-9(5-7)13-2/h3-6,10H,1,12H2,2H3/t10-/m1/s1. The van der Waals surface area contributed by atoms with Gasteiger partial charge in [-0.1, -0.05) is 17.7 Å². The molecule has 1 aromatic rings. The normalized spacial score (nSPS) is 12.2. The lowest BCUT2D eigenvalue weighted by Gasteiger charge is -2.09. The Morgan fingerprint density at radius 1 is 1.54 bits per heavy atom. The smallest absolute Gasteiger partial charge is 0.120 e. The fraction of sp³-hybridized carbons (Fsp3) is 0.200. The molecule has 0 aromatic heterocycles. The first-order valence-electron chi connectivity index (χ1n) is 3.90. The van der Waals surface area contributed by atoms with Crippen molar-refractivity contribution in [3.63, 3.8) is 0 Å². The summed E-state index contributed by atoms with van der Waals surface area (Å²) < 4.78 is 5.06. The van der Waals surface area contributed by atoms with Gasteiger partial charge in [0.25, 0.3) is 0 Å². The molecule has 1 rings (SSSR count). The second kappa shape index (κ2) is 4.30. The van der Waals surface area contributed by atoms with Crippen molar-refractivity contribution in [3.05, 3.63) is 41.4 Å². The highest BCUT2D eigenvalue weighted by molar-refractivity contribution is 6.30. The van der Waals surface area contributed by atoms with Gasteiger partial charge in [0.15, 0.2) is 0 Å². The van der Waals surface area contributed by atoms with Gasteiger partial charge in [0.1, 0.15) is 5.75 Å². The minimum absolute atomic E-state index is 0.201. The number of hydrogen-bond donors (Lipinski definition) is 1. The van der Waals surface area contributed by atoms with Gasteiger partial charge in [0.05, 0.1) is 7.11 Å². The summed E-state index contributed by atoms with van der Waals surface area (Å²) in [5.74, 6) is 0.708. The Morgan fingerprint density at radius 3 is 2.77 bits per heavy atom. The van der Waals surface area contributed by atoms with Crippen molar-refractivity contribution in [2.45, 2.75) is 6.04 Å². The van der Waals surface area contributed by atoms with Crippen LogP contribution < -0.4 is 10.5 Å². The average Bonchev–Trinajstić information content (AvgIpc) is 2.15. The molecule has 13 heavy (non-hydrogen) atoms. The number of nitrogens with two attached hydrogens (primary N) is 1. The highest BCUT2D eigenvalue weighted by Gasteiger charge is 2.04. The molecule has 0 fully saturated rings. The van der Waals surface area contributed by atoms with Crippen LogP contribution in [0.15, 0.2) is 30.9 Å². The van der Waals surface area contributed by atoms with E-state index in [0.717, 1.165) is 5.56 Å². The molecule has 0 bridgehead atoms. The Morgan fingerprint density at radius 2 is 2.23 bits per heavy atom. The summed E-state index contributed by atoms with van der Waals surface area (Å²) in [4.78, 5) is 0. The molecule has 70 valence electrons. The van der Waals surface area contributed by atoms with Crippen LogP contribution in [0.25, 0.3) is 0 Å².